The summed E-state index contributed by atoms with van der Waals surface area (Å²) in [5.74, 6) is -0.129. The summed E-state index contributed by atoms with van der Waals surface area (Å²) in [4.78, 5) is 17.4. The van der Waals surface area contributed by atoms with Gasteiger partial charge in [0.05, 0.1) is 16.5 Å². The van der Waals surface area contributed by atoms with Crippen molar-refractivity contribution in [3.63, 3.8) is 0 Å². The first kappa shape index (κ1) is 22.0. The number of amides is 1. The van der Waals surface area contributed by atoms with Crippen LogP contribution in [0.3, 0.4) is 0 Å². The minimum absolute atomic E-state index is 0.192. The molecule has 2 aromatic carbocycles. The summed E-state index contributed by atoms with van der Waals surface area (Å²) in [6.45, 7) is 0.327. The van der Waals surface area contributed by atoms with E-state index in [2.05, 4.69) is 4.79 Å². The molecule has 32 heavy (non-hydrogen) atoms. The SMILES string of the molecule is [N-]=[N+]=CC(=O)N(CCCCl)[C@H]1C=CCc2c1c1ccccc1n2S(=O)(=O)c1ccccc1. The number of allylic oxidation sites excluding steroid dienone is 1. The van der Waals surface area contributed by atoms with Crippen molar-refractivity contribution in [2.45, 2.75) is 23.8 Å². The molecule has 0 N–H and O–H groups in total. The van der Waals surface area contributed by atoms with E-state index < -0.39 is 22.0 Å². The Bertz CT molecular complexity index is 1340. The van der Waals surface area contributed by atoms with Gasteiger partial charge in [0.15, 0.2) is 0 Å². The highest BCUT2D eigenvalue weighted by atomic mass is 35.5. The fourth-order valence-corrected chi connectivity index (χ4v) is 5.90. The van der Waals surface area contributed by atoms with Gasteiger partial charge in [0, 0.05) is 35.5 Å². The summed E-state index contributed by atoms with van der Waals surface area (Å²) < 4.78 is 28.7. The third-order valence-corrected chi connectivity index (χ3v) is 7.53. The first-order valence-corrected chi connectivity index (χ1v) is 12.1. The van der Waals surface area contributed by atoms with Gasteiger partial charge in [-0.3, -0.25) is 4.79 Å². The molecule has 1 aliphatic carbocycles. The number of fused-ring (bicyclic) bond motifs is 3. The van der Waals surface area contributed by atoms with Gasteiger partial charge in [-0.2, -0.15) is 4.79 Å². The highest BCUT2D eigenvalue weighted by Gasteiger charge is 2.34. The van der Waals surface area contributed by atoms with Crippen LogP contribution in [0.1, 0.15) is 23.7 Å². The fourth-order valence-electron chi connectivity index (χ4n) is 4.19. The highest BCUT2D eigenvalue weighted by Crippen LogP contribution is 2.40. The Labute approximate surface area is 191 Å². The van der Waals surface area contributed by atoms with Crippen molar-refractivity contribution >= 4 is 44.6 Å². The predicted molar refractivity (Wildman–Crippen MR) is 123 cm³/mol. The van der Waals surface area contributed by atoms with Crippen LogP contribution in [0.15, 0.2) is 71.6 Å². The van der Waals surface area contributed by atoms with E-state index in [0.29, 0.717) is 36.5 Å². The fraction of sp³-hybridized carbons (Fsp3) is 0.217. The molecule has 0 unspecified atom stereocenters. The van der Waals surface area contributed by atoms with Crippen molar-refractivity contribution < 1.29 is 18.0 Å². The van der Waals surface area contributed by atoms with Crippen molar-refractivity contribution in [2.75, 3.05) is 12.4 Å². The summed E-state index contributed by atoms with van der Waals surface area (Å²) >= 11 is 5.87. The van der Waals surface area contributed by atoms with E-state index in [1.807, 2.05) is 24.3 Å². The van der Waals surface area contributed by atoms with Crippen molar-refractivity contribution in [1.82, 2.24) is 8.87 Å². The zero-order valence-electron chi connectivity index (χ0n) is 17.1. The molecule has 1 aromatic heterocycles. The van der Waals surface area contributed by atoms with Gasteiger partial charge in [-0.05, 0) is 24.6 Å². The second-order valence-corrected chi connectivity index (χ2v) is 9.52. The van der Waals surface area contributed by atoms with Crippen LogP contribution in [-0.4, -0.2) is 46.6 Å². The molecule has 164 valence electrons. The predicted octanol–water partition coefficient (Wildman–Crippen LogP) is 3.79. The van der Waals surface area contributed by atoms with E-state index >= 15 is 0 Å². The molecule has 0 radical (unpaired) electrons. The molecule has 0 fully saturated rings. The minimum Gasteiger partial charge on any atom is -0.361 e. The van der Waals surface area contributed by atoms with Crippen LogP contribution in [0.5, 0.6) is 0 Å². The number of para-hydroxylation sites is 1. The number of carbonyl (C=O) groups is 1. The highest BCUT2D eigenvalue weighted by molar-refractivity contribution is 7.90. The Balaban J connectivity index is 1.96. The molecule has 4 rings (SSSR count). The molecule has 1 heterocycles. The number of hydrogen-bond acceptors (Lipinski definition) is 3. The normalized spacial score (nSPS) is 15.2. The summed E-state index contributed by atoms with van der Waals surface area (Å²) in [6, 6.07) is 15.0. The van der Waals surface area contributed by atoms with Gasteiger partial charge in [0.2, 0.25) is 0 Å². The molecular formula is C23H21ClN4O3S. The lowest BCUT2D eigenvalue weighted by atomic mass is 9.94. The Kier molecular flexibility index (Phi) is 6.28. The topological polar surface area (TPSA) is 95.8 Å². The lowest BCUT2D eigenvalue weighted by Crippen LogP contribution is -2.37. The van der Waals surface area contributed by atoms with Crippen LogP contribution >= 0.6 is 11.6 Å². The van der Waals surface area contributed by atoms with Gasteiger partial charge in [-0.15, -0.1) is 11.6 Å². The molecular weight excluding hydrogens is 448 g/mol. The lowest BCUT2D eigenvalue weighted by Gasteiger charge is -2.30. The molecule has 1 aliphatic rings. The number of alkyl halides is 1. The number of rotatable bonds is 7. The molecule has 0 saturated carbocycles. The molecule has 0 spiro atoms. The second-order valence-electron chi connectivity index (χ2n) is 7.36. The summed E-state index contributed by atoms with van der Waals surface area (Å²) in [7, 11) is -3.87. The van der Waals surface area contributed by atoms with Gasteiger partial charge in [0.25, 0.3) is 10.0 Å². The maximum Gasteiger partial charge on any atom is 0.344 e. The van der Waals surface area contributed by atoms with E-state index in [1.165, 1.54) is 3.97 Å². The van der Waals surface area contributed by atoms with Gasteiger partial charge in [-0.1, -0.05) is 48.6 Å². The molecule has 7 nitrogen and oxygen atoms in total. The number of hydrogen-bond donors (Lipinski definition) is 0. The molecule has 0 aliphatic heterocycles. The third-order valence-electron chi connectivity index (χ3n) is 5.50. The van der Waals surface area contributed by atoms with Crippen LogP contribution < -0.4 is 0 Å². The van der Waals surface area contributed by atoms with Crippen LogP contribution in [0.2, 0.25) is 0 Å². The van der Waals surface area contributed by atoms with E-state index in [1.54, 1.807) is 47.4 Å². The van der Waals surface area contributed by atoms with Gasteiger partial charge in [0.1, 0.15) is 0 Å². The van der Waals surface area contributed by atoms with Crippen LogP contribution in [0, 0.1) is 0 Å². The first-order valence-electron chi connectivity index (χ1n) is 10.1. The standard InChI is InChI=1S/C23H21ClN4O3S/c24-14-7-15-27(22(29)16-26-25)20-12-6-13-21-23(20)18-10-4-5-11-19(18)28(21)32(30,31)17-8-2-1-3-9-17/h1-6,8-12,16,20H,7,13-15H2/t20-/m0/s1. The number of nitrogens with zero attached hydrogens (tertiary/aromatic N) is 4. The van der Waals surface area contributed by atoms with Gasteiger partial charge >= 0.3 is 12.1 Å². The number of halogens is 1. The van der Waals surface area contributed by atoms with Crippen molar-refractivity contribution in [3.05, 3.63) is 83.5 Å². The smallest absolute Gasteiger partial charge is 0.344 e. The van der Waals surface area contributed by atoms with E-state index in [-0.39, 0.29) is 4.90 Å². The van der Waals surface area contributed by atoms with E-state index in [4.69, 9.17) is 17.1 Å². The lowest BCUT2D eigenvalue weighted by molar-refractivity contribution is -0.128. The Morgan fingerprint density at radius 3 is 2.62 bits per heavy atom. The Morgan fingerprint density at radius 2 is 1.91 bits per heavy atom. The van der Waals surface area contributed by atoms with Crippen LogP contribution in [-0.2, 0) is 21.2 Å². The van der Waals surface area contributed by atoms with Crippen molar-refractivity contribution in [3.8, 4) is 0 Å². The maximum absolute atomic E-state index is 13.7. The Hall–Kier alpha value is -3.19. The molecule has 1 atom stereocenters. The van der Waals surface area contributed by atoms with E-state index in [0.717, 1.165) is 17.2 Å². The molecule has 9 heteroatoms. The monoisotopic (exact) mass is 468 g/mol. The quantitative estimate of drug-likeness (QED) is 0.173. The van der Waals surface area contributed by atoms with Crippen LogP contribution in [0.25, 0.3) is 16.4 Å². The number of benzene rings is 2. The molecule has 0 saturated heterocycles. The number of carbonyl (C=O) groups excluding carboxylic acids is 1. The first-order chi connectivity index (χ1) is 15.5. The summed E-state index contributed by atoms with van der Waals surface area (Å²) in [6.07, 6.45) is 5.52. The zero-order chi connectivity index (χ0) is 22.7. The van der Waals surface area contributed by atoms with E-state index in [9.17, 15) is 13.2 Å². The number of aromatic nitrogens is 1. The van der Waals surface area contributed by atoms with Crippen molar-refractivity contribution in [1.29, 1.82) is 0 Å². The molecule has 0 bridgehead atoms. The average molecular weight is 469 g/mol. The average Bonchev–Trinajstić information content (AvgIpc) is 3.16. The van der Waals surface area contributed by atoms with Gasteiger partial charge in [-0.25, -0.2) is 12.4 Å². The minimum atomic E-state index is -3.87. The largest absolute Gasteiger partial charge is 0.361 e. The Morgan fingerprint density at radius 1 is 1.19 bits per heavy atom. The molecule has 1 amide bonds. The van der Waals surface area contributed by atoms with Crippen LogP contribution in [0.4, 0.5) is 0 Å². The second kappa shape index (κ2) is 9.12. The molecule has 3 aromatic rings. The van der Waals surface area contributed by atoms with Gasteiger partial charge < -0.3 is 10.4 Å². The maximum atomic E-state index is 13.7. The third kappa shape index (κ3) is 3.77. The zero-order valence-corrected chi connectivity index (χ0v) is 18.7. The summed E-state index contributed by atoms with van der Waals surface area (Å²) in [5.41, 5.74) is 10.8. The summed E-state index contributed by atoms with van der Waals surface area (Å²) in [5, 5.41) is 0.751. The van der Waals surface area contributed by atoms with Crippen molar-refractivity contribution in [2.24, 2.45) is 0 Å².